The number of carbonyl (C=O) groups excluding carboxylic acids is 1. The standard InChI is InChI=1S/C14H16ClN3O2/c1-8-6-10(4-5-11(8)16)14(19)20-7-12-13(15)9(2)17-18(12)3/h4-6H,7,16H2,1-3H3. The minimum atomic E-state index is -0.414. The van der Waals surface area contributed by atoms with E-state index in [9.17, 15) is 4.79 Å². The number of nitrogen functional groups attached to an aromatic ring is 1. The molecule has 0 saturated carbocycles. The van der Waals surface area contributed by atoms with Crippen LogP contribution >= 0.6 is 11.6 Å². The van der Waals surface area contributed by atoms with E-state index < -0.39 is 5.97 Å². The SMILES string of the molecule is Cc1cc(C(=O)OCc2c(Cl)c(C)nn2C)ccc1N. The van der Waals surface area contributed by atoms with Gasteiger partial charge < -0.3 is 10.5 Å². The molecule has 20 heavy (non-hydrogen) atoms. The molecule has 1 aromatic heterocycles. The van der Waals surface area contributed by atoms with Crippen LogP contribution in [-0.2, 0) is 18.4 Å². The zero-order valence-corrected chi connectivity index (χ0v) is 12.4. The molecule has 2 rings (SSSR count). The minimum absolute atomic E-state index is 0.0818. The number of hydrogen-bond acceptors (Lipinski definition) is 4. The molecule has 5 nitrogen and oxygen atoms in total. The lowest BCUT2D eigenvalue weighted by molar-refractivity contribution is 0.0463. The second-order valence-electron chi connectivity index (χ2n) is 4.62. The van der Waals surface area contributed by atoms with Crippen molar-refractivity contribution in [2.75, 3.05) is 5.73 Å². The smallest absolute Gasteiger partial charge is 0.338 e. The van der Waals surface area contributed by atoms with Crippen LogP contribution in [0.15, 0.2) is 18.2 Å². The fourth-order valence-electron chi connectivity index (χ4n) is 1.86. The third kappa shape index (κ3) is 2.77. The Labute approximate surface area is 122 Å². The predicted molar refractivity (Wildman–Crippen MR) is 77.7 cm³/mol. The van der Waals surface area contributed by atoms with Gasteiger partial charge in [-0.1, -0.05) is 11.6 Å². The molecule has 0 saturated heterocycles. The molecule has 1 heterocycles. The van der Waals surface area contributed by atoms with Gasteiger partial charge in [0.05, 0.1) is 22.0 Å². The number of benzene rings is 1. The van der Waals surface area contributed by atoms with Gasteiger partial charge >= 0.3 is 5.97 Å². The molecular formula is C14H16ClN3O2. The van der Waals surface area contributed by atoms with E-state index in [1.165, 1.54) is 0 Å². The first-order valence-electron chi connectivity index (χ1n) is 6.11. The average molecular weight is 294 g/mol. The fourth-order valence-corrected chi connectivity index (χ4v) is 2.07. The van der Waals surface area contributed by atoms with Gasteiger partial charge in [-0.3, -0.25) is 4.68 Å². The van der Waals surface area contributed by atoms with Crippen molar-refractivity contribution in [3.8, 4) is 0 Å². The van der Waals surface area contributed by atoms with E-state index in [4.69, 9.17) is 22.1 Å². The Hall–Kier alpha value is -2.01. The van der Waals surface area contributed by atoms with Crippen LogP contribution in [0.25, 0.3) is 0 Å². The summed E-state index contributed by atoms with van der Waals surface area (Å²) in [6, 6.07) is 5.03. The van der Waals surface area contributed by atoms with Crippen LogP contribution in [0.4, 0.5) is 5.69 Å². The zero-order chi connectivity index (χ0) is 14.9. The number of esters is 1. The Morgan fingerprint density at radius 3 is 2.70 bits per heavy atom. The molecule has 2 aromatic rings. The van der Waals surface area contributed by atoms with Crippen LogP contribution < -0.4 is 5.73 Å². The number of carbonyl (C=O) groups is 1. The van der Waals surface area contributed by atoms with Gasteiger partial charge in [-0.2, -0.15) is 5.10 Å². The number of anilines is 1. The van der Waals surface area contributed by atoms with Gasteiger partial charge in [0.2, 0.25) is 0 Å². The third-order valence-electron chi connectivity index (χ3n) is 3.11. The summed E-state index contributed by atoms with van der Waals surface area (Å²) >= 11 is 6.10. The van der Waals surface area contributed by atoms with Crippen molar-refractivity contribution in [1.29, 1.82) is 0 Å². The molecule has 0 spiro atoms. The maximum atomic E-state index is 12.0. The maximum Gasteiger partial charge on any atom is 0.338 e. The van der Waals surface area contributed by atoms with Crippen molar-refractivity contribution in [1.82, 2.24) is 9.78 Å². The van der Waals surface area contributed by atoms with Crippen molar-refractivity contribution >= 4 is 23.3 Å². The van der Waals surface area contributed by atoms with Gasteiger partial charge in [-0.05, 0) is 37.6 Å². The maximum absolute atomic E-state index is 12.0. The molecule has 0 aliphatic rings. The Balaban J connectivity index is 2.10. The molecule has 0 bridgehead atoms. The number of halogens is 1. The van der Waals surface area contributed by atoms with Crippen molar-refractivity contribution in [2.45, 2.75) is 20.5 Å². The molecule has 0 aliphatic heterocycles. The van der Waals surface area contributed by atoms with Crippen LogP contribution in [0.3, 0.4) is 0 Å². The number of nitrogens with two attached hydrogens (primary N) is 1. The van der Waals surface area contributed by atoms with E-state index in [-0.39, 0.29) is 6.61 Å². The fraction of sp³-hybridized carbons (Fsp3) is 0.286. The molecule has 0 fully saturated rings. The summed E-state index contributed by atoms with van der Waals surface area (Å²) in [7, 11) is 1.76. The summed E-state index contributed by atoms with van der Waals surface area (Å²) in [6.45, 7) is 3.73. The van der Waals surface area contributed by atoms with E-state index in [1.807, 2.05) is 6.92 Å². The van der Waals surface area contributed by atoms with Crippen LogP contribution in [0.5, 0.6) is 0 Å². The van der Waals surface area contributed by atoms with Crippen molar-refractivity contribution in [3.63, 3.8) is 0 Å². The monoisotopic (exact) mass is 293 g/mol. The summed E-state index contributed by atoms with van der Waals surface area (Å²) in [5, 5.41) is 4.69. The molecule has 0 atom stereocenters. The Kier molecular flexibility index (Phi) is 3.99. The highest BCUT2D eigenvalue weighted by Gasteiger charge is 2.14. The van der Waals surface area contributed by atoms with Crippen molar-refractivity contribution in [3.05, 3.63) is 45.7 Å². The van der Waals surface area contributed by atoms with Gasteiger partial charge in [0.25, 0.3) is 0 Å². The lowest BCUT2D eigenvalue weighted by Gasteiger charge is -2.07. The highest BCUT2D eigenvalue weighted by Crippen LogP contribution is 2.21. The number of nitrogens with zero attached hydrogens (tertiary/aromatic N) is 2. The lowest BCUT2D eigenvalue weighted by Crippen LogP contribution is -2.09. The van der Waals surface area contributed by atoms with E-state index in [0.29, 0.717) is 27.7 Å². The second-order valence-corrected chi connectivity index (χ2v) is 5.00. The Bertz CT molecular complexity index is 665. The molecular weight excluding hydrogens is 278 g/mol. The molecule has 0 radical (unpaired) electrons. The molecule has 0 unspecified atom stereocenters. The first-order valence-corrected chi connectivity index (χ1v) is 6.49. The Morgan fingerprint density at radius 2 is 2.15 bits per heavy atom. The highest BCUT2D eigenvalue weighted by molar-refractivity contribution is 6.31. The largest absolute Gasteiger partial charge is 0.456 e. The predicted octanol–water partition coefficient (Wildman–Crippen LogP) is 2.63. The van der Waals surface area contributed by atoms with E-state index in [2.05, 4.69) is 5.10 Å². The average Bonchev–Trinajstić information content (AvgIpc) is 2.64. The summed E-state index contributed by atoms with van der Waals surface area (Å²) < 4.78 is 6.87. The quantitative estimate of drug-likeness (QED) is 0.697. The topological polar surface area (TPSA) is 70.1 Å². The molecule has 0 amide bonds. The van der Waals surface area contributed by atoms with Crippen LogP contribution in [0.2, 0.25) is 5.02 Å². The summed E-state index contributed by atoms with van der Waals surface area (Å²) in [5.41, 5.74) is 9.05. The number of aryl methyl sites for hydroxylation is 3. The molecule has 0 aliphatic carbocycles. The van der Waals surface area contributed by atoms with E-state index in [0.717, 1.165) is 5.56 Å². The van der Waals surface area contributed by atoms with Gasteiger partial charge in [-0.15, -0.1) is 0 Å². The third-order valence-corrected chi connectivity index (χ3v) is 3.60. The van der Waals surface area contributed by atoms with Crippen molar-refractivity contribution in [2.24, 2.45) is 7.05 Å². The minimum Gasteiger partial charge on any atom is -0.456 e. The second kappa shape index (κ2) is 5.54. The molecule has 1 aromatic carbocycles. The number of ether oxygens (including phenoxy) is 1. The van der Waals surface area contributed by atoms with Crippen LogP contribution in [0.1, 0.15) is 27.3 Å². The Morgan fingerprint density at radius 1 is 1.45 bits per heavy atom. The van der Waals surface area contributed by atoms with Crippen LogP contribution in [-0.4, -0.2) is 15.7 Å². The highest BCUT2D eigenvalue weighted by atomic mass is 35.5. The molecule has 6 heteroatoms. The van der Waals surface area contributed by atoms with Gasteiger partial charge in [-0.25, -0.2) is 4.79 Å². The molecule has 106 valence electrons. The lowest BCUT2D eigenvalue weighted by atomic mass is 10.1. The summed E-state index contributed by atoms with van der Waals surface area (Å²) in [4.78, 5) is 12.0. The van der Waals surface area contributed by atoms with E-state index in [1.54, 1.807) is 36.9 Å². The summed E-state index contributed by atoms with van der Waals surface area (Å²) in [5.74, 6) is -0.414. The van der Waals surface area contributed by atoms with Crippen molar-refractivity contribution < 1.29 is 9.53 Å². The summed E-state index contributed by atoms with van der Waals surface area (Å²) in [6.07, 6.45) is 0. The first kappa shape index (κ1) is 14.4. The van der Waals surface area contributed by atoms with Crippen LogP contribution in [0, 0.1) is 13.8 Å². The zero-order valence-electron chi connectivity index (χ0n) is 11.6. The van der Waals surface area contributed by atoms with E-state index >= 15 is 0 Å². The first-order chi connectivity index (χ1) is 9.40. The normalized spacial score (nSPS) is 10.6. The van der Waals surface area contributed by atoms with Gasteiger partial charge in [0.15, 0.2) is 0 Å². The van der Waals surface area contributed by atoms with Gasteiger partial charge in [0, 0.05) is 12.7 Å². The number of aromatic nitrogens is 2. The van der Waals surface area contributed by atoms with Gasteiger partial charge in [0.1, 0.15) is 6.61 Å². The number of rotatable bonds is 3. The molecule has 2 N–H and O–H groups in total. The number of hydrogen-bond donors (Lipinski definition) is 1.